The molecule has 0 aromatic carbocycles. The predicted octanol–water partition coefficient (Wildman–Crippen LogP) is 1.64. The number of likely N-dealkylation sites (N-methyl/N-ethyl adjacent to an activating group) is 1. The zero-order valence-electron chi connectivity index (χ0n) is 13.9. The second-order valence-corrected chi connectivity index (χ2v) is 6.95. The van der Waals surface area contributed by atoms with Gasteiger partial charge in [-0.1, -0.05) is 20.8 Å². The van der Waals surface area contributed by atoms with Crippen LogP contribution in [0.25, 0.3) is 0 Å². The van der Waals surface area contributed by atoms with Gasteiger partial charge in [0.15, 0.2) is 0 Å². The average Bonchev–Trinajstić information content (AvgIpc) is 2.89. The molecular weight excluding hydrogens is 268 g/mol. The molecule has 2 amide bonds. The summed E-state index contributed by atoms with van der Waals surface area (Å²) in [5, 5.41) is 8.76. The zero-order chi connectivity index (χ0) is 16.0. The number of carbonyl (C=O) groups is 2. The lowest BCUT2D eigenvalue weighted by atomic mass is 9.94. The van der Waals surface area contributed by atoms with Gasteiger partial charge in [0, 0.05) is 32.2 Å². The number of nitrogens with zero attached hydrogens (tertiary/aromatic N) is 2. The molecule has 1 rings (SSSR count). The molecule has 21 heavy (non-hydrogen) atoms. The first-order valence-corrected chi connectivity index (χ1v) is 7.96. The Kier molecular flexibility index (Phi) is 6.65. The molecule has 1 heterocycles. The third-order valence-electron chi connectivity index (χ3n) is 3.97. The van der Waals surface area contributed by atoms with Crippen LogP contribution in [0.5, 0.6) is 0 Å². The zero-order valence-corrected chi connectivity index (χ0v) is 13.9. The lowest BCUT2D eigenvalue weighted by Gasteiger charge is -2.32. The normalized spacial score (nSPS) is 18.9. The number of amides is 2. The SMILES string of the molecule is CN(CCCCCO)C(=O)C1CCCN1C(=O)C(C)(C)C. The minimum absolute atomic E-state index is 0.0501. The Morgan fingerprint density at radius 2 is 1.90 bits per heavy atom. The van der Waals surface area contributed by atoms with Crippen molar-refractivity contribution in [2.75, 3.05) is 26.7 Å². The van der Waals surface area contributed by atoms with Gasteiger partial charge in [-0.05, 0) is 32.1 Å². The topological polar surface area (TPSA) is 60.9 Å². The van der Waals surface area contributed by atoms with E-state index in [-0.39, 0.29) is 24.5 Å². The summed E-state index contributed by atoms with van der Waals surface area (Å²) in [5.41, 5.74) is -0.442. The van der Waals surface area contributed by atoms with Gasteiger partial charge in [0.25, 0.3) is 0 Å². The van der Waals surface area contributed by atoms with Crippen molar-refractivity contribution in [1.82, 2.24) is 9.80 Å². The van der Waals surface area contributed by atoms with Crippen LogP contribution in [0.3, 0.4) is 0 Å². The van der Waals surface area contributed by atoms with E-state index in [0.717, 1.165) is 32.1 Å². The van der Waals surface area contributed by atoms with Gasteiger partial charge in [0.1, 0.15) is 6.04 Å². The minimum atomic E-state index is -0.442. The van der Waals surface area contributed by atoms with Gasteiger partial charge in [-0.25, -0.2) is 0 Å². The van der Waals surface area contributed by atoms with Crippen LogP contribution in [0.4, 0.5) is 0 Å². The molecular formula is C16H30N2O3. The number of likely N-dealkylation sites (tertiary alicyclic amines) is 1. The summed E-state index contributed by atoms with van der Waals surface area (Å²) in [6, 6.07) is -0.292. The Bertz CT molecular complexity index is 363. The van der Waals surface area contributed by atoms with Crippen molar-refractivity contribution in [2.24, 2.45) is 5.41 Å². The third kappa shape index (κ3) is 4.99. The Morgan fingerprint density at radius 1 is 1.24 bits per heavy atom. The van der Waals surface area contributed by atoms with E-state index in [1.165, 1.54) is 0 Å². The van der Waals surface area contributed by atoms with Crippen molar-refractivity contribution in [1.29, 1.82) is 0 Å². The number of hydrogen-bond acceptors (Lipinski definition) is 3. The van der Waals surface area contributed by atoms with Crippen molar-refractivity contribution in [3.63, 3.8) is 0 Å². The third-order valence-corrected chi connectivity index (χ3v) is 3.97. The highest BCUT2D eigenvalue weighted by Crippen LogP contribution is 2.26. The molecule has 1 aliphatic heterocycles. The molecule has 122 valence electrons. The quantitative estimate of drug-likeness (QED) is 0.758. The summed E-state index contributed by atoms with van der Waals surface area (Å²) in [6.45, 7) is 7.27. The predicted molar refractivity (Wildman–Crippen MR) is 82.8 cm³/mol. The smallest absolute Gasteiger partial charge is 0.245 e. The van der Waals surface area contributed by atoms with Crippen molar-refractivity contribution in [3.05, 3.63) is 0 Å². The highest BCUT2D eigenvalue weighted by Gasteiger charge is 2.39. The van der Waals surface area contributed by atoms with Crippen molar-refractivity contribution < 1.29 is 14.7 Å². The number of aliphatic hydroxyl groups excluding tert-OH is 1. The number of unbranched alkanes of at least 4 members (excludes halogenated alkanes) is 2. The molecule has 1 aliphatic rings. The molecule has 1 saturated heterocycles. The lowest BCUT2D eigenvalue weighted by Crippen LogP contribution is -2.49. The molecule has 5 heteroatoms. The van der Waals surface area contributed by atoms with Crippen LogP contribution in [0, 0.1) is 5.41 Å². The molecule has 1 N–H and O–H groups in total. The van der Waals surface area contributed by atoms with Crippen LogP contribution >= 0.6 is 0 Å². The van der Waals surface area contributed by atoms with Gasteiger partial charge in [-0.15, -0.1) is 0 Å². The average molecular weight is 298 g/mol. The maximum Gasteiger partial charge on any atom is 0.245 e. The van der Waals surface area contributed by atoms with Crippen LogP contribution in [-0.4, -0.2) is 59.5 Å². The highest BCUT2D eigenvalue weighted by molar-refractivity contribution is 5.90. The second-order valence-electron chi connectivity index (χ2n) is 6.95. The minimum Gasteiger partial charge on any atom is -0.396 e. The fourth-order valence-electron chi connectivity index (χ4n) is 2.70. The maximum atomic E-state index is 12.5. The second kappa shape index (κ2) is 7.78. The van der Waals surface area contributed by atoms with Gasteiger partial charge in [-0.3, -0.25) is 9.59 Å². The molecule has 0 aromatic rings. The highest BCUT2D eigenvalue weighted by atomic mass is 16.3. The van der Waals surface area contributed by atoms with Crippen molar-refractivity contribution >= 4 is 11.8 Å². The van der Waals surface area contributed by atoms with Crippen molar-refractivity contribution in [2.45, 2.75) is 58.9 Å². The summed E-state index contributed by atoms with van der Waals surface area (Å²) in [4.78, 5) is 28.5. The number of aliphatic hydroxyl groups is 1. The Hall–Kier alpha value is -1.10. The van der Waals surface area contributed by atoms with Gasteiger partial charge < -0.3 is 14.9 Å². The van der Waals surface area contributed by atoms with Crippen LogP contribution < -0.4 is 0 Å². The standard InChI is InChI=1S/C16H30N2O3/c1-16(2,3)15(21)18-11-8-9-13(18)14(20)17(4)10-6-5-7-12-19/h13,19H,5-12H2,1-4H3. The van der Waals surface area contributed by atoms with E-state index in [0.29, 0.717) is 13.1 Å². The monoisotopic (exact) mass is 298 g/mol. The Balaban J connectivity index is 2.57. The summed E-state index contributed by atoms with van der Waals surface area (Å²) in [6.07, 6.45) is 4.25. The first kappa shape index (κ1) is 18.0. The Labute approximate surface area is 128 Å². The molecule has 0 bridgehead atoms. The van der Waals surface area contributed by atoms with Crippen LogP contribution in [0.15, 0.2) is 0 Å². The Morgan fingerprint density at radius 3 is 2.48 bits per heavy atom. The molecule has 0 spiro atoms. The van der Waals surface area contributed by atoms with Crippen molar-refractivity contribution in [3.8, 4) is 0 Å². The molecule has 0 aliphatic carbocycles. The van der Waals surface area contributed by atoms with Crippen LogP contribution in [0.1, 0.15) is 52.9 Å². The fourth-order valence-corrected chi connectivity index (χ4v) is 2.70. The first-order chi connectivity index (χ1) is 9.79. The molecule has 1 fully saturated rings. The van der Waals surface area contributed by atoms with Crippen LogP contribution in [0.2, 0.25) is 0 Å². The van der Waals surface area contributed by atoms with Gasteiger partial charge in [0.2, 0.25) is 11.8 Å². The number of rotatable bonds is 6. The summed E-state index contributed by atoms with van der Waals surface area (Å²) < 4.78 is 0. The first-order valence-electron chi connectivity index (χ1n) is 7.96. The summed E-state index contributed by atoms with van der Waals surface area (Å²) in [5.74, 6) is 0.112. The van der Waals surface area contributed by atoms with Gasteiger partial charge >= 0.3 is 0 Å². The van der Waals surface area contributed by atoms with E-state index in [1.54, 1.807) is 16.8 Å². The number of carbonyl (C=O) groups excluding carboxylic acids is 2. The molecule has 1 unspecified atom stereocenters. The van der Waals surface area contributed by atoms with Crippen LogP contribution in [-0.2, 0) is 9.59 Å². The van der Waals surface area contributed by atoms with E-state index in [2.05, 4.69) is 0 Å². The molecule has 0 aromatic heterocycles. The van der Waals surface area contributed by atoms with E-state index >= 15 is 0 Å². The van der Waals surface area contributed by atoms with E-state index < -0.39 is 5.41 Å². The lowest BCUT2D eigenvalue weighted by molar-refractivity contribution is -0.147. The largest absolute Gasteiger partial charge is 0.396 e. The van der Waals surface area contributed by atoms with E-state index in [1.807, 2.05) is 20.8 Å². The van der Waals surface area contributed by atoms with E-state index in [4.69, 9.17) is 5.11 Å². The molecule has 5 nitrogen and oxygen atoms in total. The molecule has 0 radical (unpaired) electrons. The maximum absolute atomic E-state index is 12.5. The van der Waals surface area contributed by atoms with Gasteiger partial charge in [0.05, 0.1) is 0 Å². The molecule has 0 saturated carbocycles. The summed E-state index contributed by atoms with van der Waals surface area (Å²) >= 11 is 0. The van der Waals surface area contributed by atoms with E-state index in [9.17, 15) is 9.59 Å². The number of hydrogen-bond donors (Lipinski definition) is 1. The fraction of sp³-hybridized carbons (Fsp3) is 0.875. The molecule has 1 atom stereocenters. The summed E-state index contributed by atoms with van der Waals surface area (Å²) in [7, 11) is 1.80. The van der Waals surface area contributed by atoms with Gasteiger partial charge in [-0.2, -0.15) is 0 Å².